The van der Waals surface area contributed by atoms with Crippen LogP contribution in [0.2, 0.25) is 0 Å². The summed E-state index contributed by atoms with van der Waals surface area (Å²) < 4.78 is 13.4. The van der Waals surface area contributed by atoms with Gasteiger partial charge in [-0.1, -0.05) is 25.3 Å². The summed E-state index contributed by atoms with van der Waals surface area (Å²) in [6.07, 6.45) is 6.10. The number of halogens is 1. The highest BCUT2D eigenvalue weighted by Gasteiger charge is 2.31. The Bertz CT molecular complexity index is 435. The maximum Gasteiger partial charge on any atom is 0.125 e. The summed E-state index contributed by atoms with van der Waals surface area (Å²) in [4.78, 5) is 2.23. The Morgan fingerprint density at radius 1 is 1.17 bits per heavy atom. The van der Waals surface area contributed by atoms with Gasteiger partial charge in [0.05, 0.1) is 12.1 Å². The first-order valence-corrected chi connectivity index (χ1v) is 6.99. The predicted octanol–water partition coefficient (Wildman–Crippen LogP) is 2.88. The van der Waals surface area contributed by atoms with Gasteiger partial charge in [0, 0.05) is 12.2 Å². The molecule has 2 atom stereocenters. The first-order chi connectivity index (χ1) is 8.75. The molecule has 3 rings (SSSR count). The van der Waals surface area contributed by atoms with Gasteiger partial charge in [-0.25, -0.2) is 4.39 Å². The molecule has 0 radical (unpaired) electrons. The summed E-state index contributed by atoms with van der Waals surface area (Å²) in [5.41, 5.74) is 2.22. The van der Waals surface area contributed by atoms with Gasteiger partial charge in [-0.05, 0) is 37.0 Å². The Morgan fingerprint density at radius 3 is 2.89 bits per heavy atom. The monoisotopic (exact) mass is 249 g/mol. The first-order valence-electron chi connectivity index (χ1n) is 6.99. The molecule has 18 heavy (non-hydrogen) atoms. The summed E-state index contributed by atoms with van der Waals surface area (Å²) in [6, 6.07) is 5.22. The average molecular weight is 249 g/mol. The van der Waals surface area contributed by atoms with E-state index >= 15 is 0 Å². The molecule has 2 nitrogen and oxygen atoms in total. The SMILES string of the molecule is OC1CCCCCC1N1CCc2ccc(F)cc21. The highest BCUT2D eigenvalue weighted by Crippen LogP contribution is 2.34. The van der Waals surface area contributed by atoms with Gasteiger partial charge in [0.2, 0.25) is 0 Å². The number of nitrogens with zero attached hydrogens (tertiary/aromatic N) is 1. The molecule has 1 aliphatic carbocycles. The molecule has 2 aliphatic rings. The molecule has 1 aliphatic heterocycles. The Labute approximate surface area is 107 Å². The highest BCUT2D eigenvalue weighted by atomic mass is 19.1. The Kier molecular flexibility index (Phi) is 3.25. The van der Waals surface area contributed by atoms with Crippen LogP contribution in [0.3, 0.4) is 0 Å². The quantitative estimate of drug-likeness (QED) is 0.774. The lowest BCUT2D eigenvalue weighted by Crippen LogP contribution is -2.42. The van der Waals surface area contributed by atoms with Crippen LogP contribution < -0.4 is 4.90 Å². The van der Waals surface area contributed by atoms with E-state index in [2.05, 4.69) is 4.90 Å². The highest BCUT2D eigenvalue weighted by molar-refractivity contribution is 5.59. The third kappa shape index (κ3) is 2.12. The molecule has 98 valence electrons. The van der Waals surface area contributed by atoms with E-state index in [0.717, 1.165) is 37.9 Å². The van der Waals surface area contributed by atoms with Crippen molar-refractivity contribution in [1.29, 1.82) is 0 Å². The van der Waals surface area contributed by atoms with Crippen LogP contribution in [-0.4, -0.2) is 23.8 Å². The van der Waals surface area contributed by atoms with E-state index in [9.17, 15) is 9.50 Å². The minimum absolute atomic E-state index is 0.176. The lowest BCUT2D eigenvalue weighted by atomic mass is 10.0. The number of benzene rings is 1. The maximum atomic E-state index is 13.4. The van der Waals surface area contributed by atoms with E-state index in [1.165, 1.54) is 24.5 Å². The molecule has 1 aromatic rings. The van der Waals surface area contributed by atoms with Crippen molar-refractivity contribution in [3.05, 3.63) is 29.6 Å². The molecule has 0 aromatic heterocycles. The maximum absolute atomic E-state index is 13.4. The number of hydrogen-bond acceptors (Lipinski definition) is 2. The van der Waals surface area contributed by atoms with Gasteiger partial charge >= 0.3 is 0 Å². The van der Waals surface area contributed by atoms with Crippen LogP contribution in [0.5, 0.6) is 0 Å². The third-order valence-electron chi connectivity index (χ3n) is 4.32. The van der Waals surface area contributed by atoms with Crippen molar-refractivity contribution in [3.63, 3.8) is 0 Å². The van der Waals surface area contributed by atoms with Crippen LogP contribution in [0.4, 0.5) is 10.1 Å². The fourth-order valence-electron chi connectivity index (χ4n) is 3.35. The lowest BCUT2D eigenvalue weighted by molar-refractivity contribution is 0.133. The third-order valence-corrected chi connectivity index (χ3v) is 4.32. The average Bonchev–Trinajstić information content (AvgIpc) is 2.64. The smallest absolute Gasteiger partial charge is 0.125 e. The molecular formula is C15H20FNO. The van der Waals surface area contributed by atoms with Crippen LogP contribution in [0.1, 0.15) is 37.7 Å². The van der Waals surface area contributed by atoms with Gasteiger partial charge in [0.25, 0.3) is 0 Å². The van der Waals surface area contributed by atoms with Gasteiger partial charge in [-0.2, -0.15) is 0 Å². The molecule has 0 amide bonds. The summed E-state index contributed by atoms with van der Waals surface area (Å²) in [6.45, 7) is 0.917. The first kappa shape index (κ1) is 12.0. The summed E-state index contributed by atoms with van der Waals surface area (Å²) >= 11 is 0. The van der Waals surface area contributed by atoms with Gasteiger partial charge < -0.3 is 10.0 Å². The number of rotatable bonds is 1. The molecule has 1 aromatic carbocycles. The number of aliphatic hydroxyl groups is 1. The molecule has 1 saturated carbocycles. The minimum atomic E-state index is -0.262. The van der Waals surface area contributed by atoms with E-state index < -0.39 is 0 Å². The summed E-state index contributed by atoms with van der Waals surface area (Å²) in [7, 11) is 0. The zero-order valence-corrected chi connectivity index (χ0v) is 10.6. The second-order valence-corrected chi connectivity index (χ2v) is 5.49. The Hall–Kier alpha value is -1.09. The van der Waals surface area contributed by atoms with Crippen molar-refractivity contribution in [1.82, 2.24) is 0 Å². The van der Waals surface area contributed by atoms with Crippen molar-refractivity contribution >= 4 is 5.69 Å². The van der Waals surface area contributed by atoms with Crippen LogP contribution >= 0.6 is 0 Å². The van der Waals surface area contributed by atoms with E-state index in [0.29, 0.717) is 0 Å². The fourth-order valence-corrected chi connectivity index (χ4v) is 3.35. The van der Waals surface area contributed by atoms with Crippen LogP contribution in [0.15, 0.2) is 18.2 Å². The van der Waals surface area contributed by atoms with E-state index in [4.69, 9.17) is 0 Å². The normalized spacial score (nSPS) is 28.0. The molecule has 1 fully saturated rings. The van der Waals surface area contributed by atoms with Crippen molar-refractivity contribution < 1.29 is 9.50 Å². The van der Waals surface area contributed by atoms with E-state index in [1.54, 1.807) is 6.07 Å². The summed E-state index contributed by atoms with van der Waals surface area (Å²) in [5, 5.41) is 10.3. The minimum Gasteiger partial charge on any atom is -0.391 e. The molecular weight excluding hydrogens is 229 g/mol. The second kappa shape index (κ2) is 4.88. The number of hydrogen-bond donors (Lipinski definition) is 1. The number of anilines is 1. The topological polar surface area (TPSA) is 23.5 Å². The van der Waals surface area contributed by atoms with Gasteiger partial charge in [0.15, 0.2) is 0 Å². The Morgan fingerprint density at radius 2 is 2.00 bits per heavy atom. The van der Waals surface area contributed by atoms with Crippen LogP contribution in [-0.2, 0) is 6.42 Å². The van der Waals surface area contributed by atoms with Gasteiger partial charge in [-0.3, -0.25) is 0 Å². The fraction of sp³-hybridized carbons (Fsp3) is 0.600. The van der Waals surface area contributed by atoms with Gasteiger partial charge in [0.1, 0.15) is 5.82 Å². The molecule has 0 spiro atoms. The van der Waals surface area contributed by atoms with Crippen molar-refractivity contribution in [2.24, 2.45) is 0 Å². The lowest BCUT2D eigenvalue weighted by Gasteiger charge is -2.33. The molecule has 1 heterocycles. The second-order valence-electron chi connectivity index (χ2n) is 5.49. The van der Waals surface area contributed by atoms with Crippen molar-refractivity contribution in [2.45, 2.75) is 50.7 Å². The Balaban J connectivity index is 1.88. The zero-order chi connectivity index (χ0) is 12.5. The molecule has 0 saturated heterocycles. The molecule has 0 bridgehead atoms. The van der Waals surface area contributed by atoms with Crippen molar-refractivity contribution in [2.75, 3.05) is 11.4 Å². The zero-order valence-electron chi connectivity index (χ0n) is 10.6. The van der Waals surface area contributed by atoms with E-state index in [-0.39, 0.29) is 18.0 Å². The van der Waals surface area contributed by atoms with E-state index in [1.807, 2.05) is 6.07 Å². The van der Waals surface area contributed by atoms with Gasteiger partial charge in [-0.15, -0.1) is 0 Å². The molecule has 2 unspecified atom stereocenters. The van der Waals surface area contributed by atoms with Crippen LogP contribution in [0.25, 0.3) is 0 Å². The summed E-state index contributed by atoms with van der Waals surface area (Å²) in [5.74, 6) is -0.177. The predicted molar refractivity (Wildman–Crippen MR) is 70.3 cm³/mol. The number of aliphatic hydroxyl groups excluding tert-OH is 1. The van der Waals surface area contributed by atoms with Crippen LogP contribution in [0, 0.1) is 5.82 Å². The largest absolute Gasteiger partial charge is 0.391 e. The molecule has 3 heteroatoms. The molecule has 1 N–H and O–H groups in total. The standard InChI is InChI=1S/C15H20FNO/c16-12-7-6-11-8-9-17(14(11)10-12)13-4-2-1-3-5-15(13)18/h6-7,10,13,15,18H,1-5,8-9H2. The van der Waals surface area contributed by atoms with Crippen molar-refractivity contribution in [3.8, 4) is 0 Å². The number of fused-ring (bicyclic) bond motifs is 1.